The van der Waals surface area contributed by atoms with E-state index in [1.807, 2.05) is 17.9 Å². The molecule has 1 saturated heterocycles. The first kappa shape index (κ1) is 21.2. The minimum atomic E-state index is -0.485. The Labute approximate surface area is 175 Å². The molecule has 0 N–H and O–H groups in total. The lowest BCUT2D eigenvalue weighted by Crippen LogP contribution is -2.52. The number of anilines is 1. The van der Waals surface area contributed by atoms with Gasteiger partial charge in [-0.25, -0.2) is 0 Å². The van der Waals surface area contributed by atoms with E-state index in [4.69, 9.17) is 4.74 Å². The molecule has 1 fully saturated rings. The summed E-state index contributed by atoms with van der Waals surface area (Å²) in [5.74, 6) is 1.26. The molecule has 4 heteroatoms. The summed E-state index contributed by atoms with van der Waals surface area (Å²) in [5.41, 5.74) is 6.20. The largest absolute Gasteiger partial charge is 0.481 e. The maximum absolute atomic E-state index is 13.0. The second-order valence-corrected chi connectivity index (χ2v) is 8.49. The first-order valence-corrected chi connectivity index (χ1v) is 10.6. The molecule has 0 bridgehead atoms. The van der Waals surface area contributed by atoms with E-state index in [0.717, 1.165) is 43.1 Å². The number of nitrogens with zero attached hydrogens (tertiary/aromatic N) is 2. The van der Waals surface area contributed by atoms with Gasteiger partial charge in [-0.3, -0.25) is 4.79 Å². The van der Waals surface area contributed by atoms with Crippen LogP contribution in [0.5, 0.6) is 5.75 Å². The summed E-state index contributed by atoms with van der Waals surface area (Å²) in [4.78, 5) is 17.3. The van der Waals surface area contributed by atoms with Gasteiger partial charge in [-0.05, 0) is 68.0 Å². The maximum atomic E-state index is 13.0. The van der Waals surface area contributed by atoms with Crippen molar-refractivity contribution in [3.63, 3.8) is 0 Å². The van der Waals surface area contributed by atoms with Gasteiger partial charge in [-0.1, -0.05) is 38.1 Å². The molecule has 1 heterocycles. The molecule has 0 unspecified atom stereocenters. The fourth-order valence-corrected chi connectivity index (χ4v) is 3.96. The summed E-state index contributed by atoms with van der Waals surface area (Å²) in [7, 11) is 0. The van der Waals surface area contributed by atoms with E-state index in [2.05, 4.69) is 69.9 Å². The van der Waals surface area contributed by atoms with E-state index < -0.39 is 6.10 Å². The molecule has 1 aliphatic rings. The van der Waals surface area contributed by atoms with E-state index in [1.165, 1.54) is 16.8 Å². The summed E-state index contributed by atoms with van der Waals surface area (Å²) in [6.45, 7) is 15.7. The number of amides is 1. The average molecular weight is 395 g/mol. The van der Waals surface area contributed by atoms with Crippen LogP contribution in [0, 0.1) is 20.8 Å². The van der Waals surface area contributed by atoms with Crippen LogP contribution in [0.25, 0.3) is 0 Å². The van der Waals surface area contributed by atoms with Crippen LogP contribution < -0.4 is 9.64 Å². The molecule has 3 rings (SSSR count). The highest BCUT2D eigenvalue weighted by Gasteiger charge is 2.27. The SMILES string of the molecule is Cc1ccc(C(C)C)c(O[C@H](C)C(=O)N2CCN(c3cccc(C)c3C)CC2)c1. The molecule has 0 spiro atoms. The van der Waals surface area contributed by atoms with Crippen molar-refractivity contribution in [1.29, 1.82) is 0 Å². The van der Waals surface area contributed by atoms with Gasteiger partial charge in [0.15, 0.2) is 6.10 Å². The van der Waals surface area contributed by atoms with Crippen molar-refractivity contribution in [1.82, 2.24) is 4.90 Å². The molecule has 156 valence electrons. The second-order valence-electron chi connectivity index (χ2n) is 8.49. The van der Waals surface area contributed by atoms with Crippen LogP contribution in [0.1, 0.15) is 48.9 Å². The topological polar surface area (TPSA) is 32.8 Å². The monoisotopic (exact) mass is 394 g/mol. The van der Waals surface area contributed by atoms with E-state index in [1.54, 1.807) is 0 Å². The van der Waals surface area contributed by atoms with Crippen molar-refractivity contribution in [3.8, 4) is 5.75 Å². The van der Waals surface area contributed by atoms with Crippen molar-refractivity contribution in [2.24, 2.45) is 0 Å². The highest BCUT2D eigenvalue weighted by Crippen LogP contribution is 2.29. The molecule has 2 aromatic carbocycles. The van der Waals surface area contributed by atoms with Gasteiger partial charge in [0.1, 0.15) is 5.75 Å². The Morgan fingerprint density at radius 3 is 2.31 bits per heavy atom. The second kappa shape index (κ2) is 8.89. The Bertz CT molecular complexity index is 867. The molecule has 29 heavy (non-hydrogen) atoms. The average Bonchev–Trinajstić information content (AvgIpc) is 2.69. The van der Waals surface area contributed by atoms with Crippen LogP contribution in [0.15, 0.2) is 36.4 Å². The van der Waals surface area contributed by atoms with Crippen molar-refractivity contribution in [2.75, 3.05) is 31.1 Å². The van der Waals surface area contributed by atoms with Gasteiger partial charge >= 0.3 is 0 Å². The minimum absolute atomic E-state index is 0.0711. The van der Waals surface area contributed by atoms with Gasteiger partial charge in [0, 0.05) is 31.9 Å². The molecular formula is C25H34N2O2. The molecule has 2 aromatic rings. The number of rotatable bonds is 5. The van der Waals surface area contributed by atoms with Gasteiger partial charge in [0.2, 0.25) is 0 Å². The van der Waals surface area contributed by atoms with E-state index in [-0.39, 0.29) is 5.91 Å². The molecule has 1 amide bonds. The summed E-state index contributed by atoms with van der Waals surface area (Å²) in [5, 5.41) is 0. The smallest absolute Gasteiger partial charge is 0.263 e. The number of hydrogen-bond donors (Lipinski definition) is 0. The number of aryl methyl sites for hydroxylation is 2. The zero-order valence-electron chi connectivity index (χ0n) is 18.7. The van der Waals surface area contributed by atoms with Crippen LogP contribution in [0.2, 0.25) is 0 Å². The molecule has 4 nitrogen and oxygen atoms in total. The molecule has 0 aliphatic carbocycles. The van der Waals surface area contributed by atoms with Crippen LogP contribution in [-0.4, -0.2) is 43.1 Å². The first-order valence-electron chi connectivity index (χ1n) is 10.6. The van der Waals surface area contributed by atoms with Gasteiger partial charge < -0.3 is 14.5 Å². The Morgan fingerprint density at radius 1 is 0.966 bits per heavy atom. The quantitative estimate of drug-likeness (QED) is 0.727. The lowest BCUT2D eigenvalue weighted by Gasteiger charge is -2.38. The van der Waals surface area contributed by atoms with E-state index in [0.29, 0.717) is 5.92 Å². The van der Waals surface area contributed by atoms with Crippen molar-refractivity contribution in [2.45, 2.75) is 53.6 Å². The summed E-state index contributed by atoms with van der Waals surface area (Å²) in [6.07, 6.45) is -0.485. The highest BCUT2D eigenvalue weighted by molar-refractivity contribution is 5.81. The number of carbonyl (C=O) groups is 1. The van der Waals surface area contributed by atoms with Crippen LogP contribution in [0.4, 0.5) is 5.69 Å². The molecule has 0 aromatic heterocycles. The number of carbonyl (C=O) groups excluding carboxylic acids is 1. The Morgan fingerprint density at radius 2 is 1.66 bits per heavy atom. The zero-order chi connectivity index (χ0) is 21.1. The number of piperazine rings is 1. The molecule has 0 saturated carbocycles. The Hall–Kier alpha value is -2.49. The van der Waals surface area contributed by atoms with Crippen molar-refractivity contribution < 1.29 is 9.53 Å². The van der Waals surface area contributed by atoms with E-state index in [9.17, 15) is 4.79 Å². The normalized spacial score (nSPS) is 15.6. The Kier molecular flexibility index (Phi) is 6.51. The molecule has 1 atom stereocenters. The summed E-state index contributed by atoms with van der Waals surface area (Å²) in [6, 6.07) is 12.7. The summed E-state index contributed by atoms with van der Waals surface area (Å²) < 4.78 is 6.14. The lowest BCUT2D eigenvalue weighted by molar-refractivity contribution is -0.138. The number of ether oxygens (including phenoxy) is 1. The minimum Gasteiger partial charge on any atom is -0.481 e. The number of hydrogen-bond acceptors (Lipinski definition) is 3. The standard InChI is InChI=1S/C25H34N2O2/c1-17(2)22-11-10-18(3)16-24(22)29-21(6)25(28)27-14-12-26(13-15-27)23-9-7-8-19(4)20(23)5/h7-11,16-17,21H,12-15H2,1-6H3/t21-/m1/s1. The van der Waals surface area contributed by atoms with Gasteiger partial charge in [-0.2, -0.15) is 0 Å². The molecule has 0 radical (unpaired) electrons. The third-order valence-electron chi connectivity index (χ3n) is 5.95. The zero-order valence-corrected chi connectivity index (χ0v) is 18.7. The van der Waals surface area contributed by atoms with E-state index >= 15 is 0 Å². The van der Waals surface area contributed by atoms with Gasteiger partial charge in [0.05, 0.1) is 0 Å². The maximum Gasteiger partial charge on any atom is 0.263 e. The summed E-state index contributed by atoms with van der Waals surface area (Å²) >= 11 is 0. The van der Waals surface area contributed by atoms with Crippen molar-refractivity contribution in [3.05, 3.63) is 58.7 Å². The fraction of sp³-hybridized carbons (Fsp3) is 0.480. The highest BCUT2D eigenvalue weighted by atomic mass is 16.5. The van der Waals surface area contributed by atoms with Crippen molar-refractivity contribution >= 4 is 11.6 Å². The third-order valence-corrected chi connectivity index (χ3v) is 5.95. The van der Waals surface area contributed by atoms with Crippen LogP contribution in [-0.2, 0) is 4.79 Å². The number of benzene rings is 2. The third kappa shape index (κ3) is 4.75. The van der Waals surface area contributed by atoms with Gasteiger partial charge in [0.25, 0.3) is 5.91 Å². The van der Waals surface area contributed by atoms with Gasteiger partial charge in [-0.15, -0.1) is 0 Å². The predicted molar refractivity (Wildman–Crippen MR) is 120 cm³/mol. The Balaban J connectivity index is 1.64. The fourth-order valence-electron chi connectivity index (χ4n) is 3.96. The lowest BCUT2D eigenvalue weighted by atomic mass is 10.0. The molecule has 1 aliphatic heterocycles. The van der Waals surface area contributed by atoms with Crippen LogP contribution in [0.3, 0.4) is 0 Å². The first-order chi connectivity index (χ1) is 13.8. The predicted octanol–water partition coefficient (Wildman–Crippen LogP) is 4.85. The molecular weight excluding hydrogens is 360 g/mol. The van der Waals surface area contributed by atoms with Crippen LogP contribution >= 0.6 is 0 Å².